The van der Waals surface area contributed by atoms with Gasteiger partial charge in [0.25, 0.3) is 0 Å². The van der Waals surface area contributed by atoms with Gasteiger partial charge in [0.1, 0.15) is 0 Å². The van der Waals surface area contributed by atoms with Crippen LogP contribution in [-0.4, -0.2) is 37.1 Å². The van der Waals surface area contributed by atoms with Crippen molar-refractivity contribution in [2.75, 3.05) is 26.2 Å². The zero-order valence-electron chi connectivity index (χ0n) is 10.7. The van der Waals surface area contributed by atoms with Crippen LogP contribution in [0, 0.1) is 17.2 Å². The number of rotatable bonds is 6. The summed E-state index contributed by atoms with van der Waals surface area (Å²) >= 11 is 0. The second kappa shape index (κ2) is 7.65. The molecule has 3 nitrogen and oxygen atoms in total. The highest BCUT2D eigenvalue weighted by atomic mass is 15.2. The smallest absolute Gasteiger partial charge is 0.0975 e. The van der Waals surface area contributed by atoms with Gasteiger partial charge in [-0.05, 0) is 51.2 Å². The van der Waals surface area contributed by atoms with Crippen LogP contribution in [0.2, 0.25) is 0 Å². The fourth-order valence-corrected chi connectivity index (χ4v) is 2.50. The molecule has 0 saturated carbocycles. The third kappa shape index (κ3) is 4.11. The molecule has 1 aliphatic rings. The highest BCUT2D eigenvalue weighted by Crippen LogP contribution is 2.15. The molecule has 0 aromatic heterocycles. The zero-order chi connectivity index (χ0) is 11.8. The lowest BCUT2D eigenvalue weighted by atomic mass is 9.98. The molecule has 0 aromatic carbocycles. The zero-order valence-corrected chi connectivity index (χ0v) is 10.7. The molecule has 0 amide bonds. The van der Waals surface area contributed by atoms with Gasteiger partial charge in [0.15, 0.2) is 0 Å². The van der Waals surface area contributed by atoms with E-state index in [0.717, 1.165) is 38.4 Å². The first-order chi connectivity index (χ1) is 7.81. The van der Waals surface area contributed by atoms with Crippen LogP contribution in [0.1, 0.15) is 39.5 Å². The van der Waals surface area contributed by atoms with E-state index < -0.39 is 0 Å². The predicted octanol–water partition coefficient (Wildman–Crippen LogP) is 2.00. The summed E-state index contributed by atoms with van der Waals surface area (Å²) in [5, 5.41) is 12.6. The third-order valence-electron chi connectivity index (χ3n) is 3.38. The topological polar surface area (TPSA) is 39.1 Å². The van der Waals surface area contributed by atoms with E-state index in [1.807, 2.05) is 0 Å². The molecule has 1 rings (SSSR count). The average molecular weight is 223 g/mol. The molecule has 1 N–H and O–H groups in total. The van der Waals surface area contributed by atoms with E-state index in [-0.39, 0.29) is 6.04 Å². The van der Waals surface area contributed by atoms with Crippen molar-refractivity contribution >= 4 is 0 Å². The number of nitriles is 1. The molecule has 1 fully saturated rings. The first kappa shape index (κ1) is 13.5. The van der Waals surface area contributed by atoms with E-state index in [4.69, 9.17) is 5.26 Å². The molecule has 1 heterocycles. The molecule has 0 spiro atoms. The summed E-state index contributed by atoms with van der Waals surface area (Å²) in [7, 11) is 0. The van der Waals surface area contributed by atoms with Crippen molar-refractivity contribution in [3.8, 4) is 6.07 Å². The fourth-order valence-electron chi connectivity index (χ4n) is 2.50. The SMILES string of the molecule is CCCN(CC1CCCNC1)C(C#N)CC. The van der Waals surface area contributed by atoms with E-state index in [2.05, 4.69) is 30.1 Å². The van der Waals surface area contributed by atoms with Crippen molar-refractivity contribution in [2.45, 2.75) is 45.6 Å². The number of hydrogen-bond donors (Lipinski definition) is 1. The summed E-state index contributed by atoms with van der Waals surface area (Å²) in [4.78, 5) is 2.37. The van der Waals surface area contributed by atoms with Gasteiger partial charge in [0.2, 0.25) is 0 Å². The van der Waals surface area contributed by atoms with Crippen LogP contribution in [0.25, 0.3) is 0 Å². The van der Waals surface area contributed by atoms with Crippen molar-refractivity contribution in [1.82, 2.24) is 10.2 Å². The maximum absolute atomic E-state index is 9.15. The molecule has 0 bridgehead atoms. The second-order valence-corrected chi connectivity index (χ2v) is 4.76. The summed E-state index contributed by atoms with van der Waals surface area (Å²) in [6, 6.07) is 2.54. The fraction of sp³-hybridized carbons (Fsp3) is 0.923. The van der Waals surface area contributed by atoms with Crippen LogP contribution in [0.3, 0.4) is 0 Å². The van der Waals surface area contributed by atoms with E-state index in [0.29, 0.717) is 0 Å². The van der Waals surface area contributed by atoms with Gasteiger partial charge in [0.05, 0.1) is 12.1 Å². The molecule has 2 atom stereocenters. The van der Waals surface area contributed by atoms with Crippen LogP contribution < -0.4 is 5.32 Å². The maximum Gasteiger partial charge on any atom is 0.0975 e. The predicted molar refractivity (Wildman–Crippen MR) is 67.1 cm³/mol. The van der Waals surface area contributed by atoms with Crippen LogP contribution >= 0.6 is 0 Å². The molecule has 0 radical (unpaired) electrons. The largest absolute Gasteiger partial charge is 0.316 e. The number of nitrogens with one attached hydrogen (secondary N) is 1. The number of nitrogens with zero attached hydrogens (tertiary/aromatic N) is 2. The maximum atomic E-state index is 9.15. The second-order valence-electron chi connectivity index (χ2n) is 4.76. The Kier molecular flexibility index (Phi) is 6.44. The van der Waals surface area contributed by atoms with Crippen molar-refractivity contribution in [3.05, 3.63) is 0 Å². The first-order valence-electron chi connectivity index (χ1n) is 6.66. The first-order valence-corrected chi connectivity index (χ1v) is 6.66. The quantitative estimate of drug-likeness (QED) is 0.748. The lowest BCUT2D eigenvalue weighted by Crippen LogP contribution is -2.42. The summed E-state index contributed by atoms with van der Waals surface area (Å²) in [5.74, 6) is 0.739. The van der Waals surface area contributed by atoms with Crippen LogP contribution in [0.4, 0.5) is 0 Å². The van der Waals surface area contributed by atoms with Crippen LogP contribution in [0.5, 0.6) is 0 Å². The van der Waals surface area contributed by atoms with Crippen molar-refractivity contribution in [2.24, 2.45) is 5.92 Å². The highest BCUT2D eigenvalue weighted by Gasteiger charge is 2.21. The summed E-state index contributed by atoms with van der Waals surface area (Å²) in [6.07, 6.45) is 4.68. The molecular weight excluding hydrogens is 198 g/mol. The Morgan fingerprint density at radius 2 is 2.31 bits per heavy atom. The molecule has 1 saturated heterocycles. The monoisotopic (exact) mass is 223 g/mol. The van der Waals surface area contributed by atoms with Crippen LogP contribution in [0.15, 0.2) is 0 Å². The van der Waals surface area contributed by atoms with Gasteiger partial charge in [-0.15, -0.1) is 0 Å². The Bertz CT molecular complexity index is 216. The van der Waals surface area contributed by atoms with Crippen molar-refractivity contribution < 1.29 is 0 Å². The third-order valence-corrected chi connectivity index (χ3v) is 3.38. The van der Waals surface area contributed by atoms with Gasteiger partial charge in [-0.1, -0.05) is 13.8 Å². The molecule has 0 aliphatic carbocycles. The standard InChI is InChI=1S/C13H25N3/c1-3-8-16(13(4-2)9-14)11-12-6-5-7-15-10-12/h12-13,15H,3-8,10-11H2,1-2H3. The lowest BCUT2D eigenvalue weighted by molar-refractivity contribution is 0.177. The van der Waals surface area contributed by atoms with E-state index in [1.54, 1.807) is 0 Å². The minimum Gasteiger partial charge on any atom is -0.316 e. The molecule has 2 unspecified atom stereocenters. The molecule has 16 heavy (non-hydrogen) atoms. The minimum absolute atomic E-state index is 0.113. The summed E-state index contributed by atoms with van der Waals surface area (Å²) in [5.41, 5.74) is 0. The van der Waals surface area contributed by atoms with Gasteiger partial charge < -0.3 is 5.32 Å². The van der Waals surface area contributed by atoms with Crippen molar-refractivity contribution in [3.63, 3.8) is 0 Å². The Labute approximate surface area is 99.8 Å². The lowest BCUT2D eigenvalue weighted by Gasteiger charge is -2.32. The highest BCUT2D eigenvalue weighted by molar-refractivity contribution is 4.91. The molecule has 92 valence electrons. The van der Waals surface area contributed by atoms with Gasteiger partial charge in [-0.2, -0.15) is 5.26 Å². The van der Waals surface area contributed by atoms with Gasteiger partial charge in [0, 0.05) is 6.54 Å². The Hall–Kier alpha value is -0.590. The average Bonchev–Trinajstić information content (AvgIpc) is 2.32. The van der Waals surface area contributed by atoms with Gasteiger partial charge in [-0.3, -0.25) is 4.90 Å². The van der Waals surface area contributed by atoms with E-state index in [1.165, 1.54) is 19.4 Å². The van der Waals surface area contributed by atoms with Gasteiger partial charge in [-0.25, -0.2) is 0 Å². The van der Waals surface area contributed by atoms with Gasteiger partial charge >= 0.3 is 0 Å². The molecule has 3 heteroatoms. The Morgan fingerprint density at radius 3 is 2.81 bits per heavy atom. The van der Waals surface area contributed by atoms with Crippen LogP contribution in [-0.2, 0) is 0 Å². The number of hydrogen-bond acceptors (Lipinski definition) is 3. The number of piperidine rings is 1. The Balaban J connectivity index is 2.45. The van der Waals surface area contributed by atoms with E-state index in [9.17, 15) is 0 Å². The Morgan fingerprint density at radius 1 is 1.50 bits per heavy atom. The summed E-state index contributed by atoms with van der Waals surface area (Å²) < 4.78 is 0. The minimum atomic E-state index is 0.113. The normalized spacial score (nSPS) is 23.0. The summed E-state index contributed by atoms with van der Waals surface area (Å²) in [6.45, 7) is 8.74. The van der Waals surface area contributed by atoms with E-state index >= 15 is 0 Å². The van der Waals surface area contributed by atoms with Crippen molar-refractivity contribution in [1.29, 1.82) is 5.26 Å². The molecule has 0 aromatic rings. The molecule has 1 aliphatic heterocycles. The molecular formula is C13H25N3.